The smallest absolute Gasteiger partial charge is 0.153 e. The van der Waals surface area contributed by atoms with E-state index in [0.29, 0.717) is 17.6 Å². The second kappa shape index (κ2) is 3.58. The van der Waals surface area contributed by atoms with Gasteiger partial charge in [-0.1, -0.05) is 27.7 Å². The molecule has 0 radical (unpaired) electrons. The molecule has 2 unspecified atom stereocenters. The van der Waals surface area contributed by atoms with Crippen molar-refractivity contribution in [3.05, 3.63) is 0 Å². The van der Waals surface area contributed by atoms with Crippen LogP contribution in [0, 0.1) is 17.3 Å². The average molecular weight is 209 g/mol. The van der Waals surface area contributed by atoms with Crippen molar-refractivity contribution < 1.29 is 4.79 Å². The molecule has 0 aliphatic carbocycles. The maximum Gasteiger partial charge on any atom is 0.153 e. The first-order chi connectivity index (χ1) is 6.91. The quantitative estimate of drug-likeness (QED) is 0.660. The molecule has 3 aliphatic heterocycles. The van der Waals surface area contributed by atoms with Crippen molar-refractivity contribution in [2.75, 3.05) is 13.1 Å². The van der Waals surface area contributed by atoms with Gasteiger partial charge >= 0.3 is 0 Å². The molecule has 0 aromatic heterocycles. The molecule has 0 spiro atoms. The zero-order valence-electron chi connectivity index (χ0n) is 10.4. The summed E-state index contributed by atoms with van der Waals surface area (Å²) in [5.74, 6) is 1.37. The van der Waals surface area contributed by atoms with Gasteiger partial charge in [-0.15, -0.1) is 0 Å². The Hall–Kier alpha value is -0.370. The highest BCUT2D eigenvalue weighted by molar-refractivity contribution is 5.88. The molecular weight excluding hydrogens is 186 g/mol. The van der Waals surface area contributed by atoms with Crippen LogP contribution in [0.2, 0.25) is 0 Å². The van der Waals surface area contributed by atoms with Crippen molar-refractivity contribution in [2.24, 2.45) is 17.3 Å². The monoisotopic (exact) mass is 209 g/mol. The minimum absolute atomic E-state index is 0.206. The number of nitrogens with zero attached hydrogens (tertiary/aromatic N) is 1. The number of ketones is 1. The van der Waals surface area contributed by atoms with Crippen LogP contribution in [-0.2, 0) is 4.79 Å². The van der Waals surface area contributed by atoms with Crippen molar-refractivity contribution in [3.63, 3.8) is 0 Å². The lowest BCUT2D eigenvalue weighted by molar-refractivity contribution is -0.141. The number of hydrogen-bond donors (Lipinski definition) is 0. The lowest BCUT2D eigenvalue weighted by atomic mass is 9.69. The molecule has 3 saturated heterocycles. The summed E-state index contributed by atoms with van der Waals surface area (Å²) in [6, 6.07) is 0.206. The van der Waals surface area contributed by atoms with Crippen LogP contribution in [0.25, 0.3) is 0 Å². The third kappa shape index (κ3) is 1.84. The molecule has 2 bridgehead atoms. The largest absolute Gasteiger partial charge is 0.298 e. The van der Waals surface area contributed by atoms with E-state index in [-0.39, 0.29) is 11.5 Å². The van der Waals surface area contributed by atoms with Crippen LogP contribution in [-0.4, -0.2) is 29.8 Å². The molecule has 86 valence electrons. The molecule has 0 saturated carbocycles. The van der Waals surface area contributed by atoms with E-state index < -0.39 is 0 Å². The number of piperidine rings is 3. The fraction of sp³-hybridized carbons (Fsp3) is 0.923. The first-order valence-electron chi connectivity index (χ1n) is 6.19. The summed E-state index contributed by atoms with van der Waals surface area (Å²) < 4.78 is 0. The van der Waals surface area contributed by atoms with Gasteiger partial charge in [0.15, 0.2) is 5.78 Å². The summed E-state index contributed by atoms with van der Waals surface area (Å²) >= 11 is 0. The average Bonchev–Trinajstić information content (AvgIpc) is 2.17. The summed E-state index contributed by atoms with van der Waals surface area (Å²) in [5, 5.41) is 0. The van der Waals surface area contributed by atoms with Gasteiger partial charge in [0, 0.05) is 5.92 Å². The minimum atomic E-state index is 0.206. The van der Waals surface area contributed by atoms with Crippen LogP contribution < -0.4 is 0 Å². The van der Waals surface area contributed by atoms with E-state index in [4.69, 9.17) is 0 Å². The molecule has 3 fully saturated rings. The van der Waals surface area contributed by atoms with Crippen LogP contribution in [0.15, 0.2) is 0 Å². The highest BCUT2D eigenvalue weighted by Gasteiger charge is 2.45. The summed E-state index contributed by atoms with van der Waals surface area (Å²) in [4.78, 5) is 14.6. The molecule has 3 heterocycles. The number of Topliss-reactive ketones (excluding diaryl/α,β-unsaturated/α-hetero) is 1. The van der Waals surface area contributed by atoms with Gasteiger partial charge in [-0.25, -0.2) is 0 Å². The standard InChI is InChI=1S/C13H23NO/c1-9(13(2,3)4)11-12(15)10-5-7-14(11)8-6-10/h9-11H,5-8H2,1-4H3. The van der Waals surface area contributed by atoms with Gasteiger partial charge in [0.1, 0.15) is 0 Å². The normalized spacial score (nSPS) is 38.1. The zero-order valence-corrected chi connectivity index (χ0v) is 10.4. The Kier molecular flexibility index (Phi) is 2.66. The molecule has 0 amide bonds. The van der Waals surface area contributed by atoms with E-state index in [1.807, 2.05) is 0 Å². The Labute approximate surface area is 93.0 Å². The van der Waals surface area contributed by atoms with Gasteiger partial charge in [-0.3, -0.25) is 9.69 Å². The fourth-order valence-corrected chi connectivity index (χ4v) is 2.92. The summed E-state index contributed by atoms with van der Waals surface area (Å²) in [6.45, 7) is 11.3. The SMILES string of the molecule is CC(C1C(=O)C2CCN1CC2)C(C)(C)C. The molecule has 3 rings (SSSR count). The van der Waals surface area contributed by atoms with Crippen molar-refractivity contribution >= 4 is 5.78 Å². The van der Waals surface area contributed by atoms with Crippen molar-refractivity contribution in [1.29, 1.82) is 0 Å². The van der Waals surface area contributed by atoms with Gasteiger partial charge in [0.25, 0.3) is 0 Å². The molecule has 2 atom stereocenters. The van der Waals surface area contributed by atoms with Crippen LogP contribution in [0.3, 0.4) is 0 Å². The number of hydrogen-bond acceptors (Lipinski definition) is 2. The minimum Gasteiger partial charge on any atom is -0.298 e. The van der Waals surface area contributed by atoms with Crippen molar-refractivity contribution in [3.8, 4) is 0 Å². The first-order valence-corrected chi connectivity index (χ1v) is 6.19. The Morgan fingerprint density at radius 2 is 1.80 bits per heavy atom. The number of carbonyl (C=O) groups excluding carboxylic acids is 1. The van der Waals surface area contributed by atoms with Gasteiger partial charge in [-0.05, 0) is 37.3 Å². The van der Waals surface area contributed by atoms with E-state index in [1.54, 1.807) is 0 Å². The maximum atomic E-state index is 12.2. The van der Waals surface area contributed by atoms with Crippen LogP contribution in [0.1, 0.15) is 40.5 Å². The number of carbonyl (C=O) groups is 1. The molecule has 2 nitrogen and oxygen atoms in total. The lowest BCUT2D eigenvalue weighted by Crippen LogP contribution is -2.59. The number of rotatable bonds is 1. The maximum absolute atomic E-state index is 12.2. The van der Waals surface area contributed by atoms with E-state index in [9.17, 15) is 4.79 Å². The zero-order chi connectivity index (χ0) is 11.2. The predicted molar refractivity (Wildman–Crippen MR) is 61.7 cm³/mol. The topological polar surface area (TPSA) is 20.3 Å². The first kappa shape index (κ1) is 11.1. The highest BCUT2D eigenvalue weighted by atomic mass is 16.1. The van der Waals surface area contributed by atoms with Gasteiger partial charge < -0.3 is 0 Å². The molecule has 2 heteroatoms. The second-order valence-corrected chi connectivity index (χ2v) is 6.31. The highest BCUT2D eigenvalue weighted by Crippen LogP contribution is 2.38. The summed E-state index contributed by atoms with van der Waals surface area (Å²) in [5.41, 5.74) is 0.234. The Morgan fingerprint density at radius 1 is 1.27 bits per heavy atom. The van der Waals surface area contributed by atoms with Crippen LogP contribution in [0.5, 0.6) is 0 Å². The lowest BCUT2D eigenvalue weighted by Gasteiger charge is -2.49. The molecule has 0 aromatic carbocycles. The van der Waals surface area contributed by atoms with Crippen molar-refractivity contribution in [2.45, 2.75) is 46.6 Å². The Bertz CT molecular complexity index is 258. The van der Waals surface area contributed by atoms with E-state index >= 15 is 0 Å². The Morgan fingerprint density at radius 3 is 2.20 bits per heavy atom. The second-order valence-electron chi connectivity index (χ2n) is 6.31. The van der Waals surface area contributed by atoms with E-state index in [0.717, 1.165) is 25.9 Å². The van der Waals surface area contributed by atoms with Gasteiger partial charge in [0.05, 0.1) is 6.04 Å². The van der Waals surface area contributed by atoms with Gasteiger partial charge in [-0.2, -0.15) is 0 Å². The van der Waals surface area contributed by atoms with E-state index in [2.05, 4.69) is 32.6 Å². The third-order valence-corrected chi connectivity index (χ3v) is 4.46. The van der Waals surface area contributed by atoms with Crippen molar-refractivity contribution in [1.82, 2.24) is 4.90 Å². The molecule has 3 aliphatic rings. The van der Waals surface area contributed by atoms with Gasteiger partial charge in [0.2, 0.25) is 0 Å². The summed E-state index contributed by atoms with van der Waals surface area (Å²) in [7, 11) is 0. The number of fused-ring (bicyclic) bond motifs is 3. The molecule has 15 heavy (non-hydrogen) atoms. The fourth-order valence-electron chi connectivity index (χ4n) is 2.92. The Balaban J connectivity index is 2.18. The molecule has 0 N–H and O–H groups in total. The molecule has 0 aromatic rings. The van der Waals surface area contributed by atoms with Crippen LogP contribution in [0.4, 0.5) is 0 Å². The third-order valence-electron chi connectivity index (χ3n) is 4.46. The summed E-state index contributed by atoms with van der Waals surface area (Å²) in [6.07, 6.45) is 2.21. The molecular formula is C13H23NO. The van der Waals surface area contributed by atoms with Crippen LogP contribution >= 0.6 is 0 Å². The predicted octanol–water partition coefficient (Wildman–Crippen LogP) is 2.33. The van der Waals surface area contributed by atoms with E-state index in [1.165, 1.54) is 0 Å².